The summed E-state index contributed by atoms with van der Waals surface area (Å²) in [7, 11) is 0. The molecule has 0 spiro atoms. The van der Waals surface area contributed by atoms with Crippen molar-refractivity contribution in [2.24, 2.45) is 0 Å². The van der Waals surface area contributed by atoms with Gasteiger partial charge in [0.15, 0.2) is 0 Å². The van der Waals surface area contributed by atoms with Crippen LogP contribution in [0.15, 0.2) is 109 Å². The predicted octanol–water partition coefficient (Wildman–Crippen LogP) is 11.9. The molecule has 0 fully saturated rings. The standard InChI is InChI=1S/C23H29.C13H10.C5H5.2ClH.Zr/c1-14-9-16-11-17-10-15(2)21(23(6,7)8)13-19(17)18(16)12-20(14)22(3,4)5;1-3-7-12(8-4-1)11-13-9-5-2-6-10-13;1-2-4-5-3-1;;;/h9-13H,1-8H3;1-10H;1-3H,4H2;2*1H;/q-1;;-1;;;+2. The van der Waals surface area contributed by atoms with Crippen LogP contribution >= 0.6 is 24.8 Å². The Morgan fingerprint density at radius 2 is 1.07 bits per heavy atom. The van der Waals surface area contributed by atoms with Crippen molar-refractivity contribution in [3.05, 3.63) is 149 Å². The molecule has 44 heavy (non-hydrogen) atoms. The van der Waals surface area contributed by atoms with Crippen molar-refractivity contribution >= 4 is 49.6 Å². The molecule has 0 nitrogen and oxygen atoms in total. The van der Waals surface area contributed by atoms with Crippen molar-refractivity contribution in [3.8, 4) is 0 Å². The summed E-state index contributed by atoms with van der Waals surface area (Å²) < 4.78 is 1.42. The van der Waals surface area contributed by atoms with Crippen LogP contribution in [-0.2, 0) is 35.1 Å². The molecule has 1 aliphatic rings. The second kappa shape index (κ2) is 16.2. The summed E-state index contributed by atoms with van der Waals surface area (Å²) in [6.45, 7) is 18.3. The molecule has 6 rings (SSSR count). The molecule has 0 aliphatic heterocycles. The average molecular weight is 701 g/mol. The topological polar surface area (TPSA) is 0 Å². The fraction of sp³-hybridized carbons (Fsp3) is 0.268. The molecule has 3 heteroatoms. The van der Waals surface area contributed by atoms with Gasteiger partial charge in [-0.05, 0) is 24.7 Å². The van der Waals surface area contributed by atoms with Crippen molar-refractivity contribution in [2.75, 3.05) is 0 Å². The first-order chi connectivity index (χ1) is 19.9. The fourth-order valence-electron chi connectivity index (χ4n) is 5.67. The number of allylic oxidation sites excluding steroid dienone is 4. The summed E-state index contributed by atoms with van der Waals surface area (Å²) in [5.41, 5.74) is 8.72. The number of benzene rings is 4. The molecular formula is C41H46Cl2Zr. The van der Waals surface area contributed by atoms with Crippen LogP contribution in [0, 0.1) is 19.9 Å². The van der Waals surface area contributed by atoms with Gasteiger partial charge < -0.3 is 0 Å². The van der Waals surface area contributed by atoms with Crippen LogP contribution in [0.25, 0.3) is 21.5 Å². The van der Waals surface area contributed by atoms with E-state index in [4.69, 9.17) is 0 Å². The molecule has 228 valence electrons. The molecule has 0 radical (unpaired) electrons. The first kappa shape index (κ1) is 37.7. The quantitative estimate of drug-likeness (QED) is 0.161. The minimum absolute atomic E-state index is 0. The van der Waals surface area contributed by atoms with Gasteiger partial charge in [0.25, 0.3) is 0 Å². The van der Waals surface area contributed by atoms with E-state index in [0.717, 1.165) is 6.42 Å². The third kappa shape index (κ3) is 9.53. The zero-order valence-corrected chi connectivity index (χ0v) is 31.5. The third-order valence-corrected chi connectivity index (χ3v) is 9.14. The minimum atomic E-state index is 0. The molecule has 0 aromatic heterocycles. The SMILES string of the molecule is Cc1cc2[cH-]c3cc(C)c(C(C)(C)C)cc3c2cc1C(C)(C)C.Cl.Cl.[C-]1=CC=CC1.[Zr+2]=[C](c1ccccc1)c1ccccc1. The van der Waals surface area contributed by atoms with Gasteiger partial charge in [-0.25, -0.2) is 12.2 Å². The van der Waals surface area contributed by atoms with Gasteiger partial charge in [0, 0.05) is 0 Å². The molecule has 0 bridgehead atoms. The number of rotatable bonds is 2. The average Bonchev–Trinajstić information content (AvgIpc) is 3.63. The summed E-state index contributed by atoms with van der Waals surface area (Å²) in [4.78, 5) is 0. The molecule has 5 aromatic rings. The fourth-order valence-corrected chi connectivity index (χ4v) is 6.49. The molecule has 0 saturated carbocycles. The number of hydrogen-bond donors (Lipinski definition) is 0. The second-order valence-electron chi connectivity index (χ2n) is 13.3. The van der Waals surface area contributed by atoms with Crippen LogP contribution in [0.2, 0.25) is 0 Å². The van der Waals surface area contributed by atoms with Crippen molar-refractivity contribution in [1.29, 1.82) is 0 Å². The van der Waals surface area contributed by atoms with Crippen LogP contribution in [0.1, 0.15) is 81.3 Å². The van der Waals surface area contributed by atoms with E-state index in [9.17, 15) is 0 Å². The Morgan fingerprint density at radius 1 is 0.659 bits per heavy atom. The van der Waals surface area contributed by atoms with E-state index < -0.39 is 0 Å². The maximum absolute atomic E-state index is 2.99. The summed E-state index contributed by atoms with van der Waals surface area (Å²) in [6, 6.07) is 33.0. The van der Waals surface area contributed by atoms with E-state index in [1.54, 1.807) is 0 Å². The van der Waals surface area contributed by atoms with Crippen molar-refractivity contribution in [3.63, 3.8) is 0 Å². The number of aryl methyl sites for hydroxylation is 2. The van der Waals surface area contributed by atoms with Crippen LogP contribution < -0.4 is 0 Å². The van der Waals surface area contributed by atoms with E-state index in [1.807, 2.05) is 12.2 Å². The van der Waals surface area contributed by atoms with Crippen molar-refractivity contribution < 1.29 is 24.2 Å². The summed E-state index contributed by atoms with van der Waals surface area (Å²) in [5.74, 6) is 0. The summed E-state index contributed by atoms with van der Waals surface area (Å²) in [6.07, 6.45) is 10.0. The van der Waals surface area contributed by atoms with Gasteiger partial charge in [0.1, 0.15) is 0 Å². The Kier molecular flexibility index (Phi) is 13.9. The molecule has 1 aliphatic carbocycles. The van der Waals surface area contributed by atoms with Gasteiger partial charge in [-0.1, -0.05) is 75.9 Å². The van der Waals surface area contributed by atoms with Crippen molar-refractivity contribution in [1.82, 2.24) is 0 Å². The van der Waals surface area contributed by atoms with E-state index >= 15 is 0 Å². The predicted molar refractivity (Wildman–Crippen MR) is 196 cm³/mol. The normalized spacial score (nSPS) is 12.0. The molecular weight excluding hydrogens is 655 g/mol. The first-order valence-electron chi connectivity index (χ1n) is 14.9. The van der Waals surface area contributed by atoms with Crippen LogP contribution in [0.4, 0.5) is 0 Å². The Balaban J connectivity index is 0.000000273. The number of hydrogen-bond acceptors (Lipinski definition) is 0. The zero-order chi connectivity index (χ0) is 30.5. The van der Waals surface area contributed by atoms with Gasteiger partial charge in [-0.3, -0.25) is 6.08 Å². The molecule has 5 aromatic carbocycles. The van der Waals surface area contributed by atoms with Gasteiger partial charge >= 0.3 is 99.2 Å². The van der Waals surface area contributed by atoms with E-state index in [-0.39, 0.29) is 35.6 Å². The van der Waals surface area contributed by atoms with E-state index in [2.05, 4.69) is 159 Å². The van der Waals surface area contributed by atoms with Gasteiger partial charge in [-0.2, -0.15) is 6.08 Å². The van der Waals surface area contributed by atoms with Crippen LogP contribution in [-0.4, -0.2) is 3.21 Å². The van der Waals surface area contributed by atoms with Gasteiger partial charge in [-0.15, -0.1) is 71.0 Å². The number of halogens is 2. The zero-order valence-electron chi connectivity index (χ0n) is 27.4. The second-order valence-corrected chi connectivity index (χ2v) is 14.5. The van der Waals surface area contributed by atoms with E-state index in [1.165, 1.54) is 82.4 Å². The number of fused-ring (bicyclic) bond motifs is 3. The van der Waals surface area contributed by atoms with Gasteiger partial charge in [0.05, 0.1) is 0 Å². The molecule has 0 unspecified atom stereocenters. The molecule has 0 amide bonds. The Morgan fingerprint density at radius 3 is 1.36 bits per heavy atom. The first-order valence-corrected chi connectivity index (χ1v) is 16.2. The maximum atomic E-state index is 2.99. The van der Waals surface area contributed by atoms with Crippen LogP contribution in [0.5, 0.6) is 0 Å². The molecule has 0 heterocycles. The monoisotopic (exact) mass is 698 g/mol. The van der Waals surface area contributed by atoms with E-state index in [0.29, 0.717) is 0 Å². The molecule has 0 saturated heterocycles. The Labute approximate surface area is 293 Å². The van der Waals surface area contributed by atoms with Gasteiger partial charge in [0.2, 0.25) is 0 Å². The summed E-state index contributed by atoms with van der Waals surface area (Å²) >= 11 is 1.46. The Hall–Kier alpha value is -2.44. The molecule has 0 N–H and O–H groups in total. The summed E-state index contributed by atoms with van der Waals surface area (Å²) in [5, 5.41) is 5.55. The van der Waals surface area contributed by atoms with Crippen LogP contribution in [0.3, 0.4) is 0 Å². The molecule has 0 atom stereocenters. The Bertz CT molecular complexity index is 1600. The van der Waals surface area contributed by atoms with Crippen molar-refractivity contribution in [2.45, 2.75) is 72.6 Å². The third-order valence-electron chi connectivity index (χ3n) is 7.72.